The Morgan fingerprint density at radius 2 is 1.52 bits per heavy atom. The van der Waals surface area contributed by atoms with Gasteiger partial charge in [-0.1, -0.05) is 76.8 Å². The molecule has 4 heteroatoms. The Morgan fingerprint density at radius 1 is 0.903 bits per heavy atom. The number of hydrogen-bond donors (Lipinski definition) is 0. The molecular weight excluding hydrogens is 384 g/mol. The molecule has 0 spiro atoms. The minimum absolute atomic E-state index is 0.0245. The van der Waals surface area contributed by atoms with Crippen molar-refractivity contribution >= 4 is 11.8 Å². The van der Waals surface area contributed by atoms with Crippen LogP contribution in [-0.4, -0.2) is 54.9 Å². The van der Waals surface area contributed by atoms with Crippen LogP contribution in [0.3, 0.4) is 0 Å². The van der Waals surface area contributed by atoms with E-state index in [9.17, 15) is 9.59 Å². The normalized spacial score (nSPS) is 20.5. The number of carbonyl (C=O) groups is 2. The molecule has 1 heterocycles. The van der Waals surface area contributed by atoms with Gasteiger partial charge in [-0.05, 0) is 30.7 Å². The van der Waals surface area contributed by atoms with Crippen molar-refractivity contribution in [3.63, 3.8) is 0 Å². The first kappa shape index (κ1) is 25.6. The van der Waals surface area contributed by atoms with Crippen LogP contribution in [0.1, 0.15) is 83.6 Å². The Bertz CT molecular complexity index is 686. The number of hydrogen-bond acceptors (Lipinski definition) is 2. The Morgan fingerprint density at radius 3 is 2.19 bits per heavy atom. The lowest BCUT2D eigenvalue weighted by Gasteiger charge is -2.30. The van der Waals surface area contributed by atoms with E-state index in [1.54, 1.807) is 4.90 Å². The number of amides is 2. The van der Waals surface area contributed by atoms with Crippen LogP contribution in [0, 0.1) is 11.8 Å². The lowest BCUT2D eigenvalue weighted by Crippen LogP contribution is -2.43. The van der Waals surface area contributed by atoms with E-state index in [4.69, 9.17) is 0 Å². The fraction of sp³-hybridized carbons (Fsp3) is 0.704. The number of carbonyl (C=O) groups excluding carboxylic acids is 2. The first-order valence-corrected chi connectivity index (χ1v) is 12.5. The van der Waals surface area contributed by atoms with Crippen molar-refractivity contribution in [1.82, 2.24) is 4.90 Å². The Hall–Kier alpha value is -1.68. The highest BCUT2D eigenvalue weighted by molar-refractivity contribution is 6.04. The third kappa shape index (κ3) is 7.75. The summed E-state index contributed by atoms with van der Waals surface area (Å²) in [5.41, 5.74) is 1.24. The van der Waals surface area contributed by atoms with Crippen LogP contribution in [0.4, 0.5) is 0 Å². The predicted octanol–water partition coefficient (Wildman–Crippen LogP) is 5.63. The zero-order valence-corrected chi connectivity index (χ0v) is 20.6. The van der Waals surface area contributed by atoms with Gasteiger partial charge in [-0.3, -0.25) is 14.5 Å². The zero-order valence-electron chi connectivity index (χ0n) is 20.6. The minimum Gasteiger partial charge on any atom is -0.328 e. The number of unbranched alkanes of at least 4 members (excludes halogenated alkanes) is 5. The van der Waals surface area contributed by atoms with Crippen molar-refractivity contribution in [2.24, 2.45) is 11.8 Å². The van der Waals surface area contributed by atoms with Gasteiger partial charge in [0.1, 0.15) is 0 Å². The Balaban J connectivity index is 1.78. The number of likely N-dealkylation sites (tertiary alicyclic amines) is 1. The molecule has 0 bridgehead atoms. The van der Waals surface area contributed by atoms with E-state index in [1.807, 2.05) is 25.1 Å². The third-order valence-corrected chi connectivity index (χ3v) is 7.08. The summed E-state index contributed by atoms with van der Waals surface area (Å²) in [7, 11) is 4.54. The number of rotatable bonds is 14. The molecular formula is C27H45N2O2+. The van der Waals surface area contributed by atoms with Gasteiger partial charge in [0.2, 0.25) is 11.8 Å². The number of benzene rings is 1. The highest BCUT2D eigenvalue weighted by Crippen LogP contribution is 2.34. The third-order valence-electron chi connectivity index (χ3n) is 7.08. The van der Waals surface area contributed by atoms with Crippen LogP contribution in [0.15, 0.2) is 30.3 Å². The SMILES string of the molecule is CCCCCCCC[N+](C)(C)CCCN1C(=O)C(C)C(CC(C)c2ccccc2)C1=O. The van der Waals surface area contributed by atoms with Crippen LogP contribution < -0.4 is 0 Å². The van der Waals surface area contributed by atoms with Gasteiger partial charge in [-0.2, -0.15) is 0 Å². The topological polar surface area (TPSA) is 37.4 Å². The van der Waals surface area contributed by atoms with Crippen molar-refractivity contribution in [1.29, 1.82) is 0 Å². The van der Waals surface area contributed by atoms with Gasteiger partial charge in [0.15, 0.2) is 0 Å². The van der Waals surface area contributed by atoms with Crippen molar-refractivity contribution in [2.75, 3.05) is 33.7 Å². The van der Waals surface area contributed by atoms with E-state index in [-0.39, 0.29) is 29.6 Å². The smallest absolute Gasteiger partial charge is 0.233 e. The summed E-state index contributed by atoms with van der Waals surface area (Å²) in [4.78, 5) is 27.4. The fourth-order valence-corrected chi connectivity index (χ4v) is 4.85. The lowest BCUT2D eigenvalue weighted by atomic mass is 9.85. The summed E-state index contributed by atoms with van der Waals surface area (Å²) < 4.78 is 0.966. The number of quaternary nitrogens is 1. The molecule has 4 nitrogen and oxygen atoms in total. The molecule has 0 saturated carbocycles. The summed E-state index contributed by atoms with van der Waals surface area (Å²) in [6.45, 7) is 9.08. The monoisotopic (exact) mass is 429 g/mol. The maximum absolute atomic E-state index is 13.0. The van der Waals surface area contributed by atoms with Crippen LogP contribution >= 0.6 is 0 Å². The van der Waals surface area contributed by atoms with Gasteiger partial charge in [0.25, 0.3) is 0 Å². The standard InChI is InChI=1S/C27H45N2O2/c1-6-7-8-9-10-14-19-29(4,5)20-15-18-28-26(30)23(3)25(27(28)31)21-22(2)24-16-12-11-13-17-24/h11-13,16-17,22-23,25H,6-10,14-15,18-21H2,1-5H3/q+1. The Kier molecular flexibility index (Phi) is 10.2. The zero-order chi connectivity index (χ0) is 22.9. The molecule has 1 saturated heterocycles. The second-order valence-electron chi connectivity index (χ2n) is 10.3. The first-order chi connectivity index (χ1) is 14.8. The molecule has 0 radical (unpaired) electrons. The summed E-state index contributed by atoms with van der Waals surface area (Å²) in [5.74, 6) is -0.0473. The first-order valence-electron chi connectivity index (χ1n) is 12.5. The van der Waals surface area contributed by atoms with Gasteiger partial charge in [-0.25, -0.2) is 0 Å². The van der Waals surface area contributed by atoms with E-state index < -0.39 is 0 Å². The second kappa shape index (κ2) is 12.4. The van der Waals surface area contributed by atoms with Gasteiger partial charge in [0.05, 0.1) is 33.1 Å². The van der Waals surface area contributed by atoms with Gasteiger partial charge < -0.3 is 4.48 Å². The molecule has 31 heavy (non-hydrogen) atoms. The van der Waals surface area contributed by atoms with Crippen molar-refractivity contribution in [2.45, 2.75) is 78.1 Å². The Labute approximate surface area is 190 Å². The van der Waals surface area contributed by atoms with Crippen LogP contribution in [-0.2, 0) is 9.59 Å². The van der Waals surface area contributed by atoms with Crippen molar-refractivity contribution in [3.05, 3.63) is 35.9 Å². The van der Waals surface area contributed by atoms with E-state index in [2.05, 4.69) is 40.1 Å². The quantitative estimate of drug-likeness (QED) is 0.218. The predicted molar refractivity (Wildman–Crippen MR) is 129 cm³/mol. The van der Waals surface area contributed by atoms with E-state index in [1.165, 1.54) is 50.6 Å². The summed E-state index contributed by atoms with van der Waals surface area (Å²) in [6.07, 6.45) is 9.52. The highest BCUT2D eigenvalue weighted by atomic mass is 16.2. The van der Waals surface area contributed by atoms with E-state index in [0.717, 1.165) is 23.9 Å². The fourth-order valence-electron chi connectivity index (χ4n) is 4.85. The van der Waals surface area contributed by atoms with Gasteiger partial charge in [-0.15, -0.1) is 0 Å². The van der Waals surface area contributed by atoms with Crippen LogP contribution in [0.25, 0.3) is 0 Å². The molecule has 1 fully saturated rings. The molecule has 2 amide bonds. The molecule has 1 aromatic rings. The molecule has 0 aliphatic carbocycles. The van der Waals surface area contributed by atoms with Crippen LogP contribution in [0.5, 0.6) is 0 Å². The van der Waals surface area contributed by atoms with Gasteiger partial charge in [0, 0.05) is 18.9 Å². The van der Waals surface area contributed by atoms with Crippen molar-refractivity contribution < 1.29 is 14.1 Å². The van der Waals surface area contributed by atoms with Gasteiger partial charge >= 0.3 is 0 Å². The van der Waals surface area contributed by atoms with Crippen LogP contribution in [0.2, 0.25) is 0 Å². The molecule has 174 valence electrons. The molecule has 2 rings (SSSR count). The molecule has 3 unspecified atom stereocenters. The summed E-state index contributed by atoms with van der Waals surface area (Å²) in [5, 5.41) is 0. The minimum atomic E-state index is -0.204. The largest absolute Gasteiger partial charge is 0.328 e. The lowest BCUT2D eigenvalue weighted by molar-refractivity contribution is -0.890. The van der Waals surface area contributed by atoms with E-state index in [0.29, 0.717) is 6.54 Å². The van der Waals surface area contributed by atoms with Crippen molar-refractivity contribution in [3.8, 4) is 0 Å². The summed E-state index contributed by atoms with van der Waals surface area (Å²) >= 11 is 0. The highest BCUT2D eigenvalue weighted by Gasteiger charge is 2.45. The average Bonchev–Trinajstić information content (AvgIpc) is 2.95. The second-order valence-corrected chi connectivity index (χ2v) is 10.3. The average molecular weight is 430 g/mol. The summed E-state index contributed by atoms with van der Waals surface area (Å²) in [6, 6.07) is 10.3. The molecule has 0 aromatic heterocycles. The molecule has 0 N–H and O–H groups in total. The van der Waals surface area contributed by atoms with E-state index >= 15 is 0 Å². The number of imide groups is 1. The molecule has 1 aromatic carbocycles. The molecule has 1 aliphatic heterocycles. The maximum atomic E-state index is 13.0. The maximum Gasteiger partial charge on any atom is 0.233 e. The number of nitrogens with zero attached hydrogens (tertiary/aromatic N) is 2. The molecule has 3 atom stereocenters. The molecule has 1 aliphatic rings.